The van der Waals surface area contributed by atoms with Crippen LogP contribution in [-0.4, -0.2) is 0 Å². The van der Waals surface area contributed by atoms with Crippen molar-refractivity contribution in [3.05, 3.63) is 395 Å². The maximum absolute atomic E-state index is 18.0. The molecule has 0 N–H and O–H groups in total. The summed E-state index contributed by atoms with van der Waals surface area (Å²) in [7, 11) is 0. The van der Waals surface area contributed by atoms with Gasteiger partial charge in [-0.25, -0.2) is 8.78 Å². The zero-order valence-corrected chi connectivity index (χ0v) is 56.1. The maximum Gasteiger partial charge on any atom is 0.133 e. The molecule has 0 aliphatic heterocycles. The van der Waals surface area contributed by atoms with Gasteiger partial charge in [0.1, 0.15) is 11.6 Å². The molecule has 0 saturated heterocycles. The molecule has 474 valence electrons. The van der Waals surface area contributed by atoms with Crippen LogP contribution < -0.4 is 9.80 Å². The van der Waals surface area contributed by atoms with Gasteiger partial charge in [-0.2, -0.15) is 0 Å². The average molecular weight is 1270 g/mol. The Morgan fingerprint density at radius 2 is 0.602 bits per heavy atom. The summed E-state index contributed by atoms with van der Waals surface area (Å²) < 4.78 is 36.1. The Bertz CT molecular complexity index is 5120. The number of fused-ring (bicyclic) bond motifs is 8. The third kappa shape index (κ3) is 9.87. The van der Waals surface area contributed by atoms with Gasteiger partial charge in [0.25, 0.3) is 0 Å². The molecule has 2 atom stereocenters. The summed E-state index contributed by atoms with van der Waals surface area (Å²) in [4.78, 5) is 4.32. The van der Waals surface area contributed by atoms with Crippen LogP contribution in [0.15, 0.2) is 316 Å². The van der Waals surface area contributed by atoms with Gasteiger partial charge in [0.2, 0.25) is 0 Å². The van der Waals surface area contributed by atoms with E-state index >= 15 is 8.78 Å². The first kappa shape index (κ1) is 61.4. The van der Waals surface area contributed by atoms with E-state index in [1.165, 1.54) is 22.3 Å². The average Bonchev–Trinajstić information content (AvgIpc) is 1.54. The fourth-order valence-electron chi connectivity index (χ4n) is 16.0. The standard InChI is InChI=1S/C94H74F2N2/c1-9-61-33-37-67(38-34-61)93(69-45-41-65(42-46-69)91(3,4)5)83-29-17-15-27-77(83)79-53-49-71(57-85(79)93)97(89-31-19-23-63-21-11-13-25-75(63)89)73-51-55-81(87(95)59-73)82-56-52-74(60-88(82)96)98(90-32-20-24-64-22-12-14-26-76(64)90)72-50-54-80-78-28-16-18-30-84(78)94(86(80)58-72,68-39-35-62(10-2)36-40-68)70-47-43-66(44-48-70)92(6,7)8/h9-60H,1-2H2,3-8H3. The molecule has 2 aliphatic rings. The van der Waals surface area contributed by atoms with Gasteiger partial charge in [-0.05, 0) is 183 Å². The molecule has 98 heavy (non-hydrogen) atoms. The molecular weight excluding hydrogens is 1200 g/mol. The molecular formula is C94H74F2N2. The highest BCUT2D eigenvalue weighted by molar-refractivity contribution is 6.02. The lowest BCUT2D eigenvalue weighted by Gasteiger charge is -2.35. The monoisotopic (exact) mass is 1270 g/mol. The molecule has 0 heterocycles. The molecule has 0 amide bonds. The van der Waals surface area contributed by atoms with Crippen molar-refractivity contribution in [2.24, 2.45) is 0 Å². The summed E-state index contributed by atoms with van der Waals surface area (Å²) in [5.74, 6) is -1.11. The summed E-state index contributed by atoms with van der Waals surface area (Å²) in [6.45, 7) is 21.7. The zero-order valence-electron chi connectivity index (χ0n) is 56.1. The van der Waals surface area contributed by atoms with Gasteiger partial charge in [0, 0.05) is 44.6 Å². The summed E-state index contributed by atoms with van der Waals surface area (Å²) in [5, 5.41) is 4.09. The molecule has 2 aliphatic carbocycles. The van der Waals surface area contributed by atoms with Crippen molar-refractivity contribution in [2.75, 3.05) is 9.80 Å². The number of anilines is 6. The Labute approximate surface area is 574 Å². The third-order valence-corrected chi connectivity index (χ3v) is 20.8. The van der Waals surface area contributed by atoms with Crippen LogP contribution in [0.4, 0.5) is 42.9 Å². The lowest BCUT2D eigenvalue weighted by Crippen LogP contribution is -2.29. The van der Waals surface area contributed by atoms with Gasteiger partial charge in [0.05, 0.1) is 22.2 Å². The molecule has 0 spiro atoms. The van der Waals surface area contributed by atoms with Gasteiger partial charge in [-0.3, -0.25) is 0 Å². The van der Waals surface area contributed by atoms with Crippen LogP contribution >= 0.6 is 0 Å². The fraction of sp³-hybridized carbons (Fsp3) is 0.106. The Hall–Kier alpha value is -11.5. The quantitative estimate of drug-likeness (QED) is 0.114. The molecule has 16 rings (SSSR count). The van der Waals surface area contributed by atoms with E-state index in [1.54, 1.807) is 24.3 Å². The number of hydrogen-bond acceptors (Lipinski definition) is 2. The number of hydrogen-bond donors (Lipinski definition) is 0. The number of rotatable bonds is 13. The molecule has 0 saturated carbocycles. The highest BCUT2D eigenvalue weighted by Crippen LogP contribution is 2.60. The van der Waals surface area contributed by atoms with E-state index in [-0.39, 0.29) is 22.0 Å². The van der Waals surface area contributed by atoms with E-state index in [9.17, 15) is 0 Å². The van der Waals surface area contributed by atoms with Gasteiger partial charge in [-0.1, -0.05) is 297 Å². The topological polar surface area (TPSA) is 6.48 Å². The first-order valence-corrected chi connectivity index (χ1v) is 33.9. The van der Waals surface area contributed by atoms with Crippen molar-refractivity contribution in [1.82, 2.24) is 0 Å². The minimum absolute atomic E-state index is 0.0534. The number of nitrogens with zero attached hydrogens (tertiary/aromatic N) is 2. The Kier molecular flexibility index (Phi) is 14.9. The molecule has 0 fully saturated rings. The number of halogens is 2. The van der Waals surface area contributed by atoms with Crippen LogP contribution in [0.1, 0.15) is 108 Å². The summed E-state index contributed by atoms with van der Waals surface area (Å²) >= 11 is 0. The third-order valence-electron chi connectivity index (χ3n) is 20.8. The molecule has 2 nitrogen and oxygen atoms in total. The van der Waals surface area contributed by atoms with Crippen LogP contribution in [0.25, 0.3) is 67.1 Å². The first-order valence-electron chi connectivity index (χ1n) is 33.9. The van der Waals surface area contributed by atoms with Crippen molar-refractivity contribution >= 4 is 67.8 Å². The van der Waals surface area contributed by atoms with Gasteiger partial charge in [-0.15, -0.1) is 0 Å². The zero-order chi connectivity index (χ0) is 67.2. The van der Waals surface area contributed by atoms with E-state index in [0.29, 0.717) is 11.4 Å². The van der Waals surface area contributed by atoms with Crippen LogP contribution in [-0.2, 0) is 21.7 Å². The molecule has 0 radical (unpaired) electrons. The lowest BCUT2D eigenvalue weighted by atomic mass is 9.67. The van der Waals surface area contributed by atoms with Crippen molar-refractivity contribution in [1.29, 1.82) is 0 Å². The lowest BCUT2D eigenvalue weighted by molar-refractivity contribution is 0.589. The van der Waals surface area contributed by atoms with Gasteiger partial charge < -0.3 is 9.80 Å². The maximum atomic E-state index is 18.0. The first-order chi connectivity index (χ1) is 47.6. The van der Waals surface area contributed by atoms with E-state index in [2.05, 4.69) is 307 Å². The highest BCUT2D eigenvalue weighted by Gasteiger charge is 2.48. The Morgan fingerprint density at radius 3 is 0.959 bits per heavy atom. The molecule has 0 bridgehead atoms. The summed E-state index contributed by atoms with van der Waals surface area (Å²) in [5.41, 5.74) is 21.6. The van der Waals surface area contributed by atoms with Crippen molar-refractivity contribution < 1.29 is 8.78 Å². The second-order valence-corrected chi connectivity index (χ2v) is 28.4. The molecule has 2 unspecified atom stereocenters. The number of benzene rings is 14. The van der Waals surface area contributed by atoms with E-state index in [1.807, 2.05) is 48.6 Å². The SMILES string of the molecule is C=Cc1ccc(C2(c3ccc(C(C)(C)C)cc3)c3ccccc3-c3ccc(N(c4ccc(-c5ccc(N(c6ccc7c(c6)C(c6ccc(C=C)cc6)(c6ccc(C(C)(C)C)cc6)c6ccccc6-7)c6cccc7ccccc67)cc5F)c(F)c4)c4cccc5ccccc45)cc32)cc1. The Morgan fingerprint density at radius 1 is 0.296 bits per heavy atom. The van der Waals surface area contributed by atoms with Gasteiger partial charge >= 0.3 is 0 Å². The minimum Gasteiger partial charge on any atom is -0.310 e. The van der Waals surface area contributed by atoms with Crippen LogP contribution in [0.3, 0.4) is 0 Å². The van der Waals surface area contributed by atoms with Crippen LogP contribution in [0, 0.1) is 11.6 Å². The molecule has 14 aromatic rings. The fourth-order valence-corrected chi connectivity index (χ4v) is 16.0. The normalized spacial score (nSPS) is 15.3. The summed E-state index contributed by atoms with van der Waals surface area (Å²) in [6.07, 6.45) is 3.77. The second kappa shape index (κ2) is 23.7. The van der Waals surface area contributed by atoms with Crippen molar-refractivity contribution in [2.45, 2.75) is 63.2 Å². The van der Waals surface area contributed by atoms with Gasteiger partial charge in [0.15, 0.2) is 0 Å². The molecule has 4 heteroatoms. The predicted octanol–water partition coefficient (Wildman–Crippen LogP) is 25.5. The largest absolute Gasteiger partial charge is 0.310 e. The highest BCUT2D eigenvalue weighted by atomic mass is 19.1. The van der Waals surface area contributed by atoms with E-state index in [0.717, 1.165) is 111 Å². The smallest absolute Gasteiger partial charge is 0.133 e. The summed E-state index contributed by atoms with van der Waals surface area (Å²) in [6, 6.07) is 107. The predicted molar refractivity (Wildman–Crippen MR) is 408 cm³/mol. The van der Waals surface area contributed by atoms with Crippen LogP contribution in [0.2, 0.25) is 0 Å². The van der Waals surface area contributed by atoms with Crippen molar-refractivity contribution in [3.8, 4) is 33.4 Å². The molecule has 0 aromatic heterocycles. The Balaban J connectivity index is 0.845. The minimum atomic E-state index is -0.737. The molecule has 14 aromatic carbocycles. The second-order valence-electron chi connectivity index (χ2n) is 28.4. The van der Waals surface area contributed by atoms with E-state index in [4.69, 9.17) is 0 Å². The van der Waals surface area contributed by atoms with Crippen LogP contribution in [0.5, 0.6) is 0 Å². The van der Waals surface area contributed by atoms with E-state index < -0.39 is 22.5 Å². The van der Waals surface area contributed by atoms with Crippen molar-refractivity contribution in [3.63, 3.8) is 0 Å².